The van der Waals surface area contributed by atoms with Crippen LogP contribution in [0.3, 0.4) is 0 Å². The minimum Gasteiger partial charge on any atom is -0.106 e. The minimum absolute atomic E-state index is 0. The maximum Gasteiger partial charge on any atom is 0 e. The molecule has 0 aromatic carbocycles. The van der Waals surface area contributed by atoms with Gasteiger partial charge in [-0.05, 0) is 0 Å². The SMILES string of the molecule is C=C.C=C.C=C.[K]. The molecule has 1 radical (unpaired) electrons. The van der Waals surface area contributed by atoms with Crippen molar-refractivity contribution in [3.63, 3.8) is 0 Å². The predicted molar refractivity (Wildman–Crippen MR) is 39.5 cm³/mol. The molecular weight excluding hydrogens is 111 g/mol. The van der Waals surface area contributed by atoms with Crippen molar-refractivity contribution in [3.05, 3.63) is 39.5 Å². The largest absolute Gasteiger partial charge is 0.106 e. The molecule has 1 heteroatoms. The van der Waals surface area contributed by atoms with Crippen LogP contribution in [-0.2, 0) is 0 Å². The van der Waals surface area contributed by atoms with Gasteiger partial charge in [-0.25, -0.2) is 0 Å². The fourth-order valence-electron chi connectivity index (χ4n) is 0. The number of hydrogen-bond donors (Lipinski definition) is 0. The molecule has 0 nitrogen and oxygen atoms in total. The molecule has 0 N–H and O–H groups in total. The monoisotopic (exact) mass is 123 g/mol. The van der Waals surface area contributed by atoms with Crippen LogP contribution in [0.2, 0.25) is 0 Å². The zero-order valence-electron chi connectivity index (χ0n) is 5.24. The van der Waals surface area contributed by atoms with E-state index in [1.807, 2.05) is 0 Å². The number of hydrogen-bond acceptors (Lipinski definition) is 0. The van der Waals surface area contributed by atoms with Gasteiger partial charge in [-0.3, -0.25) is 0 Å². The van der Waals surface area contributed by atoms with Gasteiger partial charge in [0.1, 0.15) is 0 Å². The molecule has 0 aromatic heterocycles. The van der Waals surface area contributed by atoms with E-state index in [0.29, 0.717) is 0 Å². The Morgan fingerprint density at radius 2 is 0.429 bits per heavy atom. The van der Waals surface area contributed by atoms with Crippen LogP contribution < -0.4 is 0 Å². The summed E-state index contributed by atoms with van der Waals surface area (Å²) in [6, 6.07) is 0. The van der Waals surface area contributed by atoms with E-state index in [9.17, 15) is 0 Å². The van der Waals surface area contributed by atoms with Crippen LogP contribution >= 0.6 is 0 Å². The fraction of sp³-hybridized carbons (Fsp3) is 0. The van der Waals surface area contributed by atoms with Gasteiger partial charge in [-0.2, -0.15) is 0 Å². The first kappa shape index (κ1) is 24.8. The van der Waals surface area contributed by atoms with Crippen molar-refractivity contribution in [3.8, 4) is 0 Å². The molecular formula is C6H12K. The molecule has 0 unspecified atom stereocenters. The van der Waals surface area contributed by atoms with E-state index in [2.05, 4.69) is 39.5 Å². The first-order chi connectivity index (χ1) is 3.00. The molecule has 0 amide bonds. The molecule has 0 aliphatic rings. The molecule has 0 aromatic rings. The Balaban J connectivity index is -0.00000000900. The van der Waals surface area contributed by atoms with Gasteiger partial charge in [0.05, 0.1) is 0 Å². The zero-order valence-corrected chi connectivity index (χ0v) is 8.37. The smallest absolute Gasteiger partial charge is 0 e. The summed E-state index contributed by atoms with van der Waals surface area (Å²) in [6.45, 7) is 18.0. The first-order valence-electron chi connectivity index (χ1n) is 1.50. The Bertz CT molecular complexity index is 8.90. The molecule has 0 saturated carbocycles. The third-order valence-electron chi connectivity index (χ3n) is 0. The zero-order chi connectivity index (χ0) is 6.00. The molecule has 0 aliphatic carbocycles. The molecule has 37 valence electrons. The van der Waals surface area contributed by atoms with Crippen LogP contribution in [0.1, 0.15) is 0 Å². The standard InChI is InChI=1S/3C2H4.K/c3*1-2;/h3*1-2H2;. The molecule has 7 heavy (non-hydrogen) atoms. The quantitative estimate of drug-likeness (QED) is 0.341. The summed E-state index contributed by atoms with van der Waals surface area (Å²) < 4.78 is 0. The number of rotatable bonds is 0. The Hall–Kier alpha value is 0.856. The second kappa shape index (κ2) is 321. The molecule has 0 aliphatic heterocycles. The predicted octanol–water partition coefficient (Wildman–Crippen LogP) is 2.03. The van der Waals surface area contributed by atoms with Crippen molar-refractivity contribution in [2.24, 2.45) is 0 Å². The van der Waals surface area contributed by atoms with E-state index >= 15 is 0 Å². The molecule has 0 saturated heterocycles. The van der Waals surface area contributed by atoms with Gasteiger partial charge >= 0.3 is 0 Å². The normalized spacial score (nSPS) is 1.71. The van der Waals surface area contributed by atoms with E-state index in [1.54, 1.807) is 0 Å². The third-order valence-corrected chi connectivity index (χ3v) is 0. The van der Waals surface area contributed by atoms with Crippen molar-refractivity contribution >= 4 is 51.4 Å². The maximum absolute atomic E-state index is 3.00. The molecule has 0 heterocycles. The molecule has 0 bridgehead atoms. The Labute approximate surface area is 89.4 Å². The Morgan fingerprint density at radius 3 is 0.429 bits per heavy atom. The summed E-state index contributed by atoms with van der Waals surface area (Å²) in [7, 11) is 0. The van der Waals surface area contributed by atoms with Gasteiger partial charge in [0.25, 0.3) is 0 Å². The van der Waals surface area contributed by atoms with Crippen LogP contribution in [0.4, 0.5) is 0 Å². The minimum atomic E-state index is 0. The molecule has 0 rings (SSSR count). The molecule has 0 spiro atoms. The van der Waals surface area contributed by atoms with Crippen molar-refractivity contribution in [2.75, 3.05) is 0 Å². The Kier molecular flexibility index (Phi) is 1140. The van der Waals surface area contributed by atoms with E-state index in [-0.39, 0.29) is 51.4 Å². The van der Waals surface area contributed by atoms with Gasteiger partial charge < -0.3 is 0 Å². The van der Waals surface area contributed by atoms with Crippen molar-refractivity contribution in [1.29, 1.82) is 0 Å². The summed E-state index contributed by atoms with van der Waals surface area (Å²) in [4.78, 5) is 0. The third kappa shape index (κ3) is 220. The van der Waals surface area contributed by atoms with Gasteiger partial charge in [0, 0.05) is 51.4 Å². The van der Waals surface area contributed by atoms with Crippen molar-refractivity contribution in [1.82, 2.24) is 0 Å². The topological polar surface area (TPSA) is 0 Å². The van der Waals surface area contributed by atoms with Crippen LogP contribution in [0.25, 0.3) is 0 Å². The fourth-order valence-corrected chi connectivity index (χ4v) is 0. The Morgan fingerprint density at radius 1 is 0.429 bits per heavy atom. The maximum atomic E-state index is 3.00. The second-order valence-electron chi connectivity index (χ2n) is 0. The summed E-state index contributed by atoms with van der Waals surface area (Å²) >= 11 is 0. The van der Waals surface area contributed by atoms with Gasteiger partial charge in [0.15, 0.2) is 0 Å². The average Bonchev–Trinajstić information content (AvgIpc) is 1.81. The van der Waals surface area contributed by atoms with Gasteiger partial charge in [-0.15, -0.1) is 39.5 Å². The van der Waals surface area contributed by atoms with Crippen LogP contribution in [0.15, 0.2) is 39.5 Å². The first-order valence-corrected chi connectivity index (χ1v) is 1.50. The van der Waals surface area contributed by atoms with Gasteiger partial charge in [0.2, 0.25) is 0 Å². The van der Waals surface area contributed by atoms with Crippen molar-refractivity contribution in [2.45, 2.75) is 0 Å². The van der Waals surface area contributed by atoms with E-state index in [4.69, 9.17) is 0 Å². The summed E-state index contributed by atoms with van der Waals surface area (Å²) in [5.41, 5.74) is 0. The summed E-state index contributed by atoms with van der Waals surface area (Å²) in [6.07, 6.45) is 0. The van der Waals surface area contributed by atoms with Crippen LogP contribution in [0, 0.1) is 0 Å². The van der Waals surface area contributed by atoms with Gasteiger partial charge in [-0.1, -0.05) is 0 Å². The summed E-state index contributed by atoms with van der Waals surface area (Å²) in [5, 5.41) is 0. The molecule has 0 atom stereocenters. The summed E-state index contributed by atoms with van der Waals surface area (Å²) in [5.74, 6) is 0. The van der Waals surface area contributed by atoms with Crippen molar-refractivity contribution < 1.29 is 0 Å². The van der Waals surface area contributed by atoms with E-state index in [0.717, 1.165) is 0 Å². The molecule has 0 fully saturated rings. The van der Waals surface area contributed by atoms with E-state index < -0.39 is 0 Å². The van der Waals surface area contributed by atoms with E-state index in [1.165, 1.54) is 0 Å². The van der Waals surface area contributed by atoms with Crippen LogP contribution in [-0.4, -0.2) is 51.4 Å². The average molecular weight is 123 g/mol. The van der Waals surface area contributed by atoms with Crippen LogP contribution in [0.5, 0.6) is 0 Å². The second-order valence-corrected chi connectivity index (χ2v) is 0.